The highest BCUT2D eigenvalue weighted by atomic mass is 35.5. The highest BCUT2D eigenvalue weighted by molar-refractivity contribution is 6.30. The number of benzene rings is 2. The fourth-order valence-corrected chi connectivity index (χ4v) is 5.21. The highest BCUT2D eigenvalue weighted by Gasteiger charge is 2.53. The second-order valence-electron chi connectivity index (χ2n) is 9.10. The van der Waals surface area contributed by atoms with Gasteiger partial charge in [0, 0.05) is 30.1 Å². The van der Waals surface area contributed by atoms with Crippen LogP contribution in [0.1, 0.15) is 62.9 Å². The number of carbonyl (C=O) groups is 1. The molecule has 2 aromatic carbocycles. The maximum atomic E-state index is 13.6. The van der Waals surface area contributed by atoms with Gasteiger partial charge in [0.2, 0.25) is 5.91 Å². The van der Waals surface area contributed by atoms with E-state index in [1.807, 2.05) is 30.3 Å². The van der Waals surface area contributed by atoms with Crippen molar-refractivity contribution >= 4 is 28.5 Å². The highest BCUT2D eigenvalue weighted by Crippen LogP contribution is 2.50. The summed E-state index contributed by atoms with van der Waals surface area (Å²) in [5.74, 6) is 1.68. The number of aromatic nitrogens is 2. The van der Waals surface area contributed by atoms with Gasteiger partial charge in [0.25, 0.3) is 0 Å². The third-order valence-corrected chi connectivity index (χ3v) is 7.02. The summed E-state index contributed by atoms with van der Waals surface area (Å²) in [5.41, 5.74) is 2.99. The Hall–Kier alpha value is -2.33. The Morgan fingerprint density at radius 3 is 2.57 bits per heavy atom. The zero-order valence-electron chi connectivity index (χ0n) is 17.6. The van der Waals surface area contributed by atoms with Crippen molar-refractivity contribution < 1.29 is 4.79 Å². The van der Waals surface area contributed by atoms with Crippen LogP contribution in [-0.2, 0) is 10.2 Å². The van der Waals surface area contributed by atoms with Crippen molar-refractivity contribution in [2.24, 2.45) is 0 Å². The summed E-state index contributed by atoms with van der Waals surface area (Å²) in [6.45, 7) is 6.02. The van der Waals surface area contributed by atoms with E-state index in [0.717, 1.165) is 55.7 Å². The molecule has 1 amide bonds. The lowest BCUT2D eigenvalue weighted by Gasteiger charge is -2.35. The lowest BCUT2D eigenvalue weighted by atomic mass is 9.91. The molecule has 5 rings (SSSR count). The average molecular weight is 422 g/mol. The van der Waals surface area contributed by atoms with E-state index in [1.54, 1.807) is 0 Å². The summed E-state index contributed by atoms with van der Waals surface area (Å²) in [5, 5.41) is 0.715. The second kappa shape index (κ2) is 7.42. The van der Waals surface area contributed by atoms with Crippen molar-refractivity contribution in [3.05, 3.63) is 64.9 Å². The number of likely N-dealkylation sites (tertiary alicyclic amines) is 1. The maximum Gasteiger partial charge on any atom is 0.233 e. The third-order valence-electron chi connectivity index (χ3n) is 6.77. The van der Waals surface area contributed by atoms with Gasteiger partial charge in [-0.25, -0.2) is 4.98 Å². The molecule has 0 radical (unpaired) electrons. The molecule has 1 aromatic heterocycles. The number of hydrogen-bond acceptors (Lipinski definition) is 2. The Morgan fingerprint density at radius 1 is 1.13 bits per heavy atom. The summed E-state index contributed by atoms with van der Waals surface area (Å²) in [6.07, 6.45) is 3.96. The van der Waals surface area contributed by atoms with Crippen LogP contribution < -0.4 is 0 Å². The van der Waals surface area contributed by atoms with Crippen LogP contribution in [0.15, 0.2) is 48.5 Å². The lowest BCUT2D eigenvalue weighted by Crippen LogP contribution is -2.45. The topological polar surface area (TPSA) is 38.1 Å². The first kappa shape index (κ1) is 19.6. The summed E-state index contributed by atoms with van der Waals surface area (Å²) < 4.78 is 2.36. The van der Waals surface area contributed by atoms with Gasteiger partial charge in [0.15, 0.2) is 0 Å². The fourth-order valence-electron chi connectivity index (χ4n) is 5.09. The summed E-state index contributed by atoms with van der Waals surface area (Å²) >= 11 is 6.07. The van der Waals surface area contributed by atoms with Gasteiger partial charge < -0.3 is 9.47 Å². The Kier molecular flexibility index (Phi) is 4.85. The lowest BCUT2D eigenvalue weighted by molar-refractivity contribution is -0.135. The molecule has 1 unspecified atom stereocenters. The molecule has 2 aliphatic rings. The van der Waals surface area contributed by atoms with Gasteiger partial charge in [-0.05, 0) is 69.4 Å². The minimum atomic E-state index is -0.343. The van der Waals surface area contributed by atoms with Crippen LogP contribution in [0.25, 0.3) is 11.0 Å². The van der Waals surface area contributed by atoms with Crippen LogP contribution in [0.5, 0.6) is 0 Å². The molecular formula is C25H28ClN3O. The molecule has 1 saturated carbocycles. The zero-order chi connectivity index (χ0) is 20.9. The Morgan fingerprint density at radius 2 is 1.87 bits per heavy atom. The van der Waals surface area contributed by atoms with Crippen LogP contribution in [0.2, 0.25) is 5.02 Å². The van der Waals surface area contributed by atoms with Crippen molar-refractivity contribution in [1.29, 1.82) is 0 Å². The van der Waals surface area contributed by atoms with Gasteiger partial charge in [-0.15, -0.1) is 0 Å². The number of carbonyl (C=O) groups excluding carboxylic acids is 1. The molecule has 1 saturated heterocycles. The average Bonchev–Trinajstić information content (AvgIpc) is 3.47. The number of imidazole rings is 1. The summed E-state index contributed by atoms with van der Waals surface area (Å²) in [6, 6.07) is 16.5. The van der Waals surface area contributed by atoms with Crippen LogP contribution >= 0.6 is 11.6 Å². The first-order chi connectivity index (χ1) is 14.5. The molecular weight excluding hydrogens is 394 g/mol. The van der Waals surface area contributed by atoms with Gasteiger partial charge in [-0.3, -0.25) is 4.79 Å². The van der Waals surface area contributed by atoms with Crippen molar-refractivity contribution in [1.82, 2.24) is 14.5 Å². The molecule has 2 fully saturated rings. The third kappa shape index (κ3) is 3.22. The standard InChI is InChI=1S/C25H28ClN3O/c1-17(2)29-22-8-4-3-7-21(22)27-23(29)18-6-5-15-28(16-18)24(30)25(13-14-25)19-9-11-20(26)12-10-19/h3-4,7-12,17-18H,5-6,13-16H2,1-2H3. The van der Waals surface area contributed by atoms with E-state index in [9.17, 15) is 4.79 Å². The normalized spacial score (nSPS) is 20.7. The summed E-state index contributed by atoms with van der Waals surface area (Å²) in [7, 11) is 0. The molecule has 2 heterocycles. The molecule has 0 N–H and O–H groups in total. The van der Waals surface area contributed by atoms with Gasteiger partial charge in [-0.2, -0.15) is 0 Å². The molecule has 3 aromatic rings. The monoisotopic (exact) mass is 421 g/mol. The zero-order valence-corrected chi connectivity index (χ0v) is 18.4. The molecule has 30 heavy (non-hydrogen) atoms. The van der Waals surface area contributed by atoms with Crippen LogP contribution in [0.3, 0.4) is 0 Å². The van der Waals surface area contributed by atoms with Gasteiger partial charge in [-0.1, -0.05) is 35.9 Å². The molecule has 0 spiro atoms. The van der Waals surface area contributed by atoms with E-state index in [0.29, 0.717) is 11.1 Å². The van der Waals surface area contributed by atoms with Gasteiger partial charge in [0.1, 0.15) is 5.82 Å². The summed E-state index contributed by atoms with van der Waals surface area (Å²) in [4.78, 5) is 20.7. The number of piperidine rings is 1. The molecule has 4 nitrogen and oxygen atoms in total. The second-order valence-corrected chi connectivity index (χ2v) is 9.54. The molecule has 1 aliphatic carbocycles. The Balaban J connectivity index is 1.43. The van der Waals surface area contributed by atoms with Crippen molar-refractivity contribution in [3.63, 3.8) is 0 Å². The van der Waals surface area contributed by atoms with E-state index in [2.05, 4.69) is 41.5 Å². The number of nitrogens with zero attached hydrogens (tertiary/aromatic N) is 3. The Bertz CT molecular complexity index is 1080. The van der Waals surface area contributed by atoms with E-state index in [1.165, 1.54) is 5.52 Å². The quantitative estimate of drug-likeness (QED) is 0.541. The van der Waals surface area contributed by atoms with E-state index in [-0.39, 0.29) is 17.2 Å². The van der Waals surface area contributed by atoms with Crippen LogP contribution in [0.4, 0.5) is 0 Å². The molecule has 0 bridgehead atoms. The van der Waals surface area contributed by atoms with Crippen molar-refractivity contribution in [2.45, 2.75) is 56.9 Å². The first-order valence-electron chi connectivity index (χ1n) is 11.0. The van der Waals surface area contributed by atoms with Crippen LogP contribution in [-0.4, -0.2) is 33.4 Å². The smallest absolute Gasteiger partial charge is 0.233 e. The van der Waals surface area contributed by atoms with Gasteiger partial charge in [0.05, 0.1) is 16.4 Å². The van der Waals surface area contributed by atoms with Gasteiger partial charge >= 0.3 is 0 Å². The van der Waals surface area contributed by atoms with E-state index < -0.39 is 0 Å². The minimum Gasteiger partial charge on any atom is -0.341 e. The van der Waals surface area contributed by atoms with Crippen molar-refractivity contribution in [3.8, 4) is 0 Å². The Labute approximate surface area is 182 Å². The first-order valence-corrected chi connectivity index (χ1v) is 11.4. The number of halogens is 1. The molecule has 1 aliphatic heterocycles. The minimum absolute atomic E-state index is 0.276. The predicted molar refractivity (Wildman–Crippen MR) is 121 cm³/mol. The molecule has 1 atom stereocenters. The van der Waals surface area contributed by atoms with E-state index in [4.69, 9.17) is 16.6 Å². The number of rotatable bonds is 4. The predicted octanol–water partition coefficient (Wildman–Crippen LogP) is 5.71. The van der Waals surface area contributed by atoms with Crippen LogP contribution in [0, 0.1) is 0 Å². The SMILES string of the molecule is CC(C)n1c(C2CCCN(C(=O)C3(c4ccc(Cl)cc4)CC3)C2)nc2ccccc21. The molecule has 156 valence electrons. The largest absolute Gasteiger partial charge is 0.341 e. The molecule has 5 heteroatoms. The van der Waals surface area contributed by atoms with E-state index >= 15 is 0 Å². The van der Waals surface area contributed by atoms with Crippen molar-refractivity contribution in [2.75, 3.05) is 13.1 Å². The fraction of sp³-hybridized carbons (Fsp3) is 0.440. The maximum absolute atomic E-state index is 13.6. The number of hydrogen-bond donors (Lipinski definition) is 0. The number of fused-ring (bicyclic) bond motifs is 1. The number of para-hydroxylation sites is 2. The number of amides is 1.